The number of fused-ring (bicyclic) bond motifs is 1. The number of benzene rings is 1. The molecule has 0 spiro atoms. The molecule has 0 unspecified atom stereocenters. The van der Waals surface area contributed by atoms with Crippen LogP contribution in [0.1, 0.15) is 73.4 Å². The zero-order valence-corrected chi connectivity index (χ0v) is 16.2. The number of ether oxygens (including phenoxy) is 1. The maximum absolute atomic E-state index is 13.1. The largest absolute Gasteiger partial charge is 0.373 e. The maximum atomic E-state index is 13.1. The molecule has 1 N–H and O–H groups in total. The van der Waals surface area contributed by atoms with Gasteiger partial charge in [-0.3, -0.25) is 9.78 Å². The fourth-order valence-corrected chi connectivity index (χ4v) is 4.34. The fraction of sp³-hybridized carbons (Fsp3) is 0.478. The van der Waals surface area contributed by atoms with Crippen LogP contribution in [-0.4, -0.2) is 17.5 Å². The Morgan fingerprint density at radius 2 is 2.15 bits per heavy atom. The molecule has 1 aromatic heterocycles. The summed E-state index contributed by atoms with van der Waals surface area (Å²) in [6, 6.07) is 10.8. The molecule has 1 aliphatic heterocycles. The highest BCUT2D eigenvalue weighted by atomic mass is 16.5. The number of nitrogens with zero attached hydrogens (tertiary/aromatic N) is 1. The van der Waals surface area contributed by atoms with E-state index in [1.807, 2.05) is 12.1 Å². The average molecular weight is 364 g/mol. The Morgan fingerprint density at radius 1 is 1.26 bits per heavy atom. The minimum absolute atomic E-state index is 0.106. The van der Waals surface area contributed by atoms with Gasteiger partial charge in [-0.1, -0.05) is 38.1 Å². The summed E-state index contributed by atoms with van der Waals surface area (Å²) < 4.78 is 5.88. The van der Waals surface area contributed by atoms with E-state index in [4.69, 9.17) is 4.74 Å². The molecule has 4 heteroatoms. The van der Waals surface area contributed by atoms with Crippen LogP contribution in [0.2, 0.25) is 0 Å². The van der Waals surface area contributed by atoms with Gasteiger partial charge in [0.25, 0.3) is 0 Å². The summed E-state index contributed by atoms with van der Waals surface area (Å²) in [5, 5.41) is 3.34. The van der Waals surface area contributed by atoms with Crippen LogP contribution in [0.3, 0.4) is 0 Å². The molecule has 1 amide bonds. The van der Waals surface area contributed by atoms with Crippen molar-refractivity contribution in [2.24, 2.45) is 5.92 Å². The molecule has 2 aromatic rings. The molecule has 2 aliphatic rings. The molecule has 1 fully saturated rings. The van der Waals surface area contributed by atoms with Gasteiger partial charge in [0.15, 0.2) is 0 Å². The van der Waals surface area contributed by atoms with Crippen LogP contribution in [0.5, 0.6) is 0 Å². The summed E-state index contributed by atoms with van der Waals surface area (Å²) in [6.45, 7) is 5.05. The van der Waals surface area contributed by atoms with Gasteiger partial charge in [0, 0.05) is 19.0 Å². The Kier molecular flexibility index (Phi) is 5.26. The monoisotopic (exact) mass is 364 g/mol. The van der Waals surface area contributed by atoms with E-state index >= 15 is 0 Å². The SMILES string of the molecule is CC(C)c1ccc2c(c1)[C@@H](NC(=O)[C@H]1CCO[C@@H]1c1cccnc1)CCC2. The highest BCUT2D eigenvalue weighted by Crippen LogP contribution is 2.36. The van der Waals surface area contributed by atoms with E-state index in [-0.39, 0.29) is 24.0 Å². The summed E-state index contributed by atoms with van der Waals surface area (Å²) in [5.41, 5.74) is 5.01. The van der Waals surface area contributed by atoms with Gasteiger partial charge in [-0.2, -0.15) is 0 Å². The Labute approximate surface area is 161 Å². The lowest BCUT2D eigenvalue weighted by Gasteiger charge is -2.29. The van der Waals surface area contributed by atoms with Gasteiger partial charge in [-0.15, -0.1) is 0 Å². The van der Waals surface area contributed by atoms with Crippen molar-refractivity contribution in [1.82, 2.24) is 10.3 Å². The van der Waals surface area contributed by atoms with Crippen molar-refractivity contribution >= 4 is 5.91 Å². The Hall–Kier alpha value is -2.20. The van der Waals surface area contributed by atoms with E-state index in [9.17, 15) is 4.79 Å². The van der Waals surface area contributed by atoms with Crippen molar-refractivity contribution in [2.45, 2.75) is 57.6 Å². The van der Waals surface area contributed by atoms with E-state index in [1.165, 1.54) is 16.7 Å². The second kappa shape index (κ2) is 7.81. The molecular weight excluding hydrogens is 336 g/mol. The minimum Gasteiger partial charge on any atom is -0.373 e. The number of aromatic nitrogens is 1. The van der Waals surface area contributed by atoms with Gasteiger partial charge in [-0.25, -0.2) is 0 Å². The number of carbonyl (C=O) groups is 1. The summed E-state index contributed by atoms with van der Waals surface area (Å²) in [6.07, 6.45) is 7.35. The summed E-state index contributed by atoms with van der Waals surface area (Å²) in [7, 11) is 0. The first-order chi connectivity index (χ1) is 13.1. The maximum Gasteiger partial charge on any atom is 0.226 e. The molecule has 0 radical (unpaired) electrons. The van der Waals surface area contributed by atoms with E-state index < -0.39 is 0 Å². The highest BCUT2D eigenvalue weighted by molar-refractivity contribution is 5.80. The molecule has 4 nitrogen and oxygen atoms in total. The quantitative estimate of drug-likeness (QED) is 0.870. The molecule has 2 heterocycles. The predicted molar refractivity (Wildman–Crippen MR) is 105 cm³/mol. The normalized spacial score (nSPS) is 24.6. The molecule has 1 aliphatic carbocycles. The smallest absolute Gasteiger partial charge is 0.226 e. The number of hydrogen-bond acceptors (Lipinski definition) is 3. The molecule has 27 heavy (non-hydrogen) atoms. The second-order valence-electron chi connectivity index (χ2n) is 8.04. The Bertz CT molecular complexity index is 803. The molecule has 142 valence electrons. The van der Waals surface area contributed by atoms with Crippen molar-refractivity contribution < 1.29 is 9.53 Å². The number of carbonyl (C=O) groups excluding carboxylic acids is 1. The fourth-order valence-electron chi connectivity index (χ4n) is 4.34. The Balaban J connectivity index is 1.53. The van der Waals surface area contributed by atoms with E-state index in [1.54, 1.807) is 12.4 Å². The first-order valence-corrected chi connectivity index (χ1v) is 10.1. The molecule has 0 bridgehead atoms. The van der Waals surface area contributed by atoms with Crippen molar-refractivity contribution in [2.75, 3.05) is 6.61 Å². The Morgan fingerprint density at radius 3 is 2.93 bits per heavy atom. The number of amides is 1. The van der Waals surface area contributed by atoms with Gasteiger partial charge in [0.2, 0.25) is 5.91 Å². The zero-order chi connectivity index (χ0) is 18.8. The topological polar surface area (TPSA) is 51.2 Å². The number of pyridine rings is 1. The van der Waals surface area contributed by atoms with Crippen molar-refractivity contribution in [3.8, 4) is 0 Å². The molecule has 1 aromatic carbocycles. The van der Waals surface area contributed by atoms with Crippen LogP contribution in [0.4, 0.5) is 0 Å². The summed E-state index contributed by atoms with van der Waals surface area (Å²) >= 11 is 0. The third kappa shape index (κ3) is 3.77. The lowest BCUT2D eigenvalue weighted by atomic mass is 9.84. The zero-order valence-electron chi connectivity index (χ0n) is 16.2. The first kappa shape index (κ1) is 18.2. The van der Waals surface area contributed by atoms with E-state index in [0.717, 1.165) is 31.2 Å². The molecule has 0 saturated carbocycles. The molecule has 1 saturated heterocycles. The average Bonchev–Trinajstić information content (AvgIpc) is 3.18. The highest BCUT2D eigenvalue weighted by Gasteiger charge is 2.36. The third-order valence-electron chi connectivity index (χ3n) is 5.91. The van der Waals surface area contributed by atoms with Crippen LogP contribution in [0, 0.1) is 5.92 Å². The van der Waals surface area contributed by atoms with Crippen molar-refractivity contribution in [3.05, 3.63) is 65.0 Å². The van der Waals surface area contributed by atoms with E-state index in [0.29, 0.717) is 12.5 Å². The standard InChI is InChI=1S/C23H28N2O2/c1-15(2)17-9-8-16-5-3-7-21(20(16)13-17)25-23(26)19-10-12-27-22(19)18-6-4-11-24-14-18/h4,6,8-9,11,13-15,19,21-22H,3,5,7,10,12H2,1-2H3,(H,25,26)/t19-,21-,22+/m0/s1. The third-order valence-corrected chi connectivity index (χ3v) is 5.91. The lowest BCUT2D eigenvalue weighted by molar-refractivity contribution is -0.127. The van der Waals surface area contributed by atoms with Gasteiger partial charge in [0.05, 0.1) is 18.1 Å². The van der Waals surface area contributed by atoms with Crippen LogP contribution in [0.25, 0.3) is 0 Å². The van der Waals surface area contributed by atoms with Crippen LogP contribution in [0.15, 0.2) is 42.7 Å². The number of nitrogens with one attached hydrogen (secondary N) is 1. The van der Waals surface area contributed by atoms with Crippen molar-refractivity contribution in [3.63, 3.8) is 0 Å². The van der Waals surface area contributed by atoms with Crippen LogP contribution >= 0.6 is 0 Å². The minimum atomic E-state index is -0.191. The lowest BCUT2D eigenvalue weighted by Crippen LogP contribution is -2.36. The predicted octanol–water partition coefficient (Wildman–Crippen LogP) is 4.48. The second-order valence-corrected chi connectivity index (χ2v) is 8.04. The summed E-state index contributed by atoms with van der Waals surface area (Å²) in [4.78, 5) is 17.3. The van der Waals surface area contributed by atoms with Gasteiger partial charge in [-0.05, 0) is 59.9 Å². The van der Waals surface area contributed by atoms with Crippen LogP contribution in [-0.2, 0) is 16.0 Å². The number of rotatable bonds is 4. The van der Waals surface area contributed by atoms with E-state index in [2.05, 4.69) is 42.3 Å². The summed E-state index contributed by atoms with van der Waals surface area (Å²) in [5.74, 6) is 0.453. The molecule has 4 rings (SSSR count). The van der Waals surface area contributed by atoms with Gasteiger partial charge >= 0.3 is 0 Å². The molecule has 3 atom stereocenters. The number of hydrogen-bond donors (Lipinski definition) is 1. The van der Waals surface area contributed by atoms with Gasteiger partial charge < -0.3 is 10.1 Å². The number of aryl methyl sites for hydroxylation is 1. The van der Waals surface area contributed by atoms with Crippen LogP contribution < -0.4 is 5.32 Å². The first-order valence-electron chi connectivity index (χ1n) is 10.1. The van der Waals surface area contributed by atoms with Gasteiger partial charge in [0.1, 0.15) is 0 Å². The molecular formula is C23H28N2O2. The van der Waals surface area contributed by atoms with Crippen molar-refractivity contribution in [1.29, 1.82) is 0 Å².